The number of fused-ring (bicyclic) bond motifs is 2. The third-order valence-electron chi connectivity index (χ3n) is 7.14. The number of carbonyl (C=O) groups is 2. The standard InChI is InChI=1S/C21H22FN3O4.C10H10ClN3O2/c1-4-28-21(26)17-11(2)25-20-18(23-10-24-19(17)20)13-7-14(22)16(27-3)8-15(13)29-9-12-5-6-12;1-3-16-10(15)6-5(2)14-8-7(6)12-4-13-9(8)11/h7-8,10,12,25H,4-6,9H2,1-3H3;4,14H,3H2,1-2H3. The van der Waals surface area contributed by atoms with Crippen LogP contribution < -0.4 is 9.47 Å². The van der Waals surface area contributed by atoms with Crippen LogP contribution >= 0.6 is 11.6 Å². The maximum absolute atomic E-state index is 14.5. The number of aromatic nitrogens is 6. The molecule has 0 saturated heterocycles. The second-order valence-electron chi connectivity index (χ2n) is 10.3. The molecule has 1 saturated carbocycles. The molecule has 14 heteroatoms. The van der Waals surface area contributed by atoms with Gasteiger partial charge in [-0.2, -0.15) is 0 Å². The monoisotopic (exact) mass is 638 g/mol. The lowest BCUT2D eigenvalue weighted by Crippen LogP contribution is -2.06. The Morgan fingerprint density at radius 1 is 0.889 bits per heavy atom. The third kappa shape index (κ3) is 6.53. The molecule has 1 aliphatic carbocycles. The van der Waals surface area contributed by atoms with Crippen molar-refractivity contribution in [3.05, 3.63) is 58.3 Å². The fraction of sp³-hybridized carbons (Fsp3) is 0.355. The second kappa shape index (κ2) is 13.5. The van der Waals surface area contributed by atoms with Crippen molar-refractivity contribution in [1.82, 2.24) is 29.9 Å². The number of nitrogens with zero attached hydrogens (tertiary/aromatic N) is 4. The number of hydrogen-bond donors (Lipinski definition) is 2. The number of esters is 2. The van der Waals surface area contributed by atoms with Crippen LogP contribution in [0.5, 0.6) is 11.5 Å². The number of aromatic amines is 2. The molecule has 12 nitrogen and oxygen atoms in total. The maximum atomic E-state index is 14.5. The van der Waals surface area contributed by atoms with Crippen LogP contribution in [0, 0.1) is 25.6 Å². The Bertz CT molecular complexity index is 1890. The Hall–Kier alpha value is -4.78. The minimum absolute atomic E-state index is 0.0970. The molecule has 4 heterocycles. The van der Waals surface area contributed by atoms with Gasteiger partial charge < -0.3 is 28.9 Å². The van der Waals surface area contributed by atoms with Crippen molar-refractivity contribution >= 4 is 45.6 Å². The molecule has 0 bridgehead atoms. The first-order valence-electron chi connectivity index (χ1n) is 14.3. The molecule has 1 fully saturated rings. The molecule has 0 radical (unpaired) electrons. The van der Waals surface area contributed by atoms with E-state index in [1.54, 1.807) is 27.7 Å². The zero-order chi connectivity index (χ0) is 32.2. The predicted octanol–water partition coefficient (Wildman–Crippen LogP) is 6.14. The Labute approximate surface area is 262 Å². The Morgan fingerprint density at radius 2 is 1.47 bits per heavy atom. The highest BCUT2D eigenvalue weighted by Crippen LogP contribution is 2.39. The van der Waals surface area contributed by atoms with E-state index in [4.69, 9.17) is 30.5 Å². The van der Waals surface area contributed by atoms with Crippen LogP contribution in [0.2, 0.25) is 5.15 Å². The SMILES string of the molecule is CCOC(=O)c1c(C)[nH]c2c(-c3cc(F)c(OC)cc3OCC3CC3)ncnc12.CCOC(=O)c1c(C)[nH]c2c(Cl)ncnc12. The summed E-state index contributed by atoms with van der Waals surface area (Å²) in [5, 5.41) is 0.295. The van der Waals surface area contributed by atoms with E-state index in [1.165, 1.54) is 31.9 Å². The first kappa shape index (κ1) is 31.6. The van der Waals surface area contributed by atoms with Gasteiger partial charge in [0, 0.05) is 23.0 Å². The van der Waals surface area contributed by atoms with Crippen LogP contribution in [-0.4, -0.2) is 68.8 Å². The van der Waals surface area contributed by atoms with E-state index < -0.39 is 17.8 Å². The molecule has 1 aliphatic rings. The van der Waals surface area contributed by atoms with Crippen LogP contribution in [-0.2, 0) is 9.47 Å². The van der Waals surface area contributed by atoms with Crippen molar-refractivity contribution in [3.8, 4) is 22.8 Å². The van der Waals surface area contributed by atoms with Crippen molar-refractivity contribution in [3.63, 3.8) is 0 Å². The number of carbonyl (C=O) groups excluding carboxylic acids is 2. The van der Waals surface area contributed by atoms with Crippen molar-refractivity contribution in [2.75, 3.05) is 26.9 Å². The Morgan fingerprint density at radius 3 is 2.04 bits per heavy atom. The van der Waals surface area contributed by atoms with E-state index in [0.29, 0.717) is 85.9 Å². The smallest absolute Gasteiger partial charge is 0.342 e. The summed E-state index contributed by atoms with van der Waals surface area (Å²) in [6.45, 7) is 8.15. The van der Waals surface area contributed by atoms with Crippen molar-refractivity contribution in [2.24, 2.45) is 5.92 Å². The molecule has 0 aliphatic heterocycles. The summed E-state index contributed by atoms with van der Waals surface area (Å²) < 4.78 is 35.7. The summed E-state index contributed by atoms with van der Waals surface area (Å²) in [6, 6.07) is 2.87. The van der Waals surface area contributed by atoms with E-state index in [9.17, 15) is 14.0 Å². The van der Waals surface area contributed by atoms with E-state index in [0.717, 1.165) is 12.8 Å². The van der Waals surface area contributed by atoms with Crippen molar-refractivity contribution in [1.29, 1.82) is 0 Å². The van der Waals surface area contributed by atoms with Gasteiger partial charge in [0.05, 0.1) is 32.4 Å². The van der Waals surface area contributed by atoms with Gasteiger partial charge in [-0.25, -0.2) is 33.9 Å². The molecule has 0 spiro atoms. The van der Waals surface area contributed by atoms with E-state index in [-0.39, 0.29) is 12.4 Å². The van der Waals surface area contributed by atoms with Crippen molar-refractivity contribution in [2.45, 2.75) is 40.5 Å². The average molecular weight is 639 g/mol. The maximum Gasteiger partial charge on any atom is 0.342 e. The third-order valence-corrected chi connectivity index (χ3v) is 7.42. The van der Waals surface area contributed by atoms with Gasteiger partial charge in [-0.05, 0) is 52.5 Å². The quantitative estimate of drug-likeness (QED) is 0.142. The van der Waals surface area contributed by atoms with Gasteiger partial charge in [0.1, 0.15) is 51.8 Å². The lowest BCUT2D eigenvalue weighted by Gasteiger charge is -2.14. The Kier molecular flexibility index (Phi) is 9.47. The topological polar surface area (TPSA) is 154 Å². The fourth-order valence-electron chi connectivity index (χ4n) is 4.81. The number of aryl methyl sites for hydroxylation is 2. The fourth-order valence-corrected chi connectivity index (χ4v) is 4.99. The minimum Gasteiger partial charge on any atom is -0.494 e. The van der Waals surface area contributed by atoms with E-state index in [1.807, 2.05) is 0 Å². The number of methoxy groups -OCH3 is 1. The number of H-pyrrole nitrogens is 2. The molecule has 4 aromatic heterocycles. The van der Waals surface area contributed by atoms with Gasteiger partial charge in [0.25, 0.3) is 0 Å². The van der Waals surface area contributed by atoms with Crippen LogP contribution in [0.25, 0.3) is 33.3 Å². The van der Waals surface area contributed by atoms with Crippen LogP contribution in [0.3, 0.4) is 0 Å². The molecule has 236 valence electrons. The zero-order valence-corrected chi connectivity index (χ0v) is 26.2. The van der Waals surface area contributed by atoms with E-state index in [2.05, 4.69) is 29.9 Å². The summed E-state index contributed by atoms with van der Waals surface area (Å²) >= 11 is 5.89. The molecule has 0 atom stereocenters. The molecule has 45 heavy (non-hydrogen) atoms. The average Bonchev–Trinajstić information content (AvgIpc) is 3.68. The first-order valence-corrected chi connectivity index (χ1v) is 14.7. The van der Waals surface area contributed by atoms with Gasteiger partial charge in [-0.3, -0.25) is 0 Å². The van der Waals surface area contributed by atoms with Gasteiger partial charge in [0.15, 0.2) is 16.7 Å². The van der Waals surface area contributed by atoms with Crippen molar-refractivity contribution < 1.29 is 32.9 Å². The normalized spacial score (nSPS) is 12.5. The molecule has 0 amide bonds. The zero-order valence-electron chi connectivity index (χ0n) is 25.4. The van der Waals surface area contributed by atoms with E-state index >= 15 is 0 Å². The van der Waals surface area contributed by atoms with Gasteiger partial charge in [0.2, 0.25) is 0 Å². The lowest BCUT2D eigenvalue weighted by atomic mass is 10.1. The number of ether oxygens (including phenoxy) is 4. The number of nitrogens with one attached hydrogen (secondary N) is 2. The molecular formula is C31H32ClFN6O6. The molecule has 5 aromatic rings. The van der Waals surface area contributed by atoms with Crippen LogP contribution in [0.1, 0.15) is 58.8 Å². The lowest BCUT2D eigenvalue weighted by molar-refractivity contribution is 0.0517. The summed E-state index contributed by atoms with van der Waals surface area (Å²) in [5.41, 5.74) is 4.96. The number of benzene rings is 1. The Balaban J connectivity index is 0.000000211. The number of hydrogen-bond acceptors (Lipinski definition) is 10. The molecule has 2 N–H and O–H groups in total. The minimum atomic E-state index is -0.526. The predicted molar refractivity (Wildman–Crippen MR) is 164 cm³/mol. The second-order valence-corrected chi connectivity index (χ2v) is 10.6. The largest absolute Gasteiger partial charge is 0.494 e. The summed E-state index contributed by atoms with van der Waals surface area (Å²) in [5.74, 6) is -0.303. The molecule has 6 rings (SSSR count). The first-order chi connectivity index (χ1) is 21.7. The summed E-state index contributed by atoms with van der Waals surface area (Å²) in [4.78, 5) is 46.7. The summed E-state index contributed by atoms with van der Waals surface area (Å²) in [7, 11) is 1.41. The van der Waals surface area contributed by atoms with Gasteiger partial charge in [-0.1, -0.05) is 11.6 Å². The number of rotatable bonds is 9. The van der Waals surface area contributed by atoms with Crippen LogP contribution in [0.4, 0.5) is 4.39 Å². The highest BCUT2D eigenvalue weighted by molar-refractivity contribution is 6.34. The molecule has 0 unspecified atom stereocenters. The van der Waals surface area contributed by atoms with Gasteiger partial charge in [-0.15, -0.1) is 0 Å². The number of halogens is 2. The molecular weight excluding hydrogens is 607 g/mol. The molecule has 1 aromatic carbocycles. The highest BCUT2D eigenvalue weighted by Gasteiger charge is 2.26. The van der Waals surface area contributed by atoms with Crippen LogP contribution in [0.15, 0.2) is 24.8 Å². The van der Waals surface area contributed by atoms with Gasteiger partial charge >= 0.3 is 11.9 Å². The summed E-state index contributed by atoms with van der Waals surface area (Å²) in [6.07, 6.45) is 4.93. The highest BCUT2D eigenvalue weighted by atomic mass is 35.5.